The molecule has 0 aliphatic carbocycles. The van der Waals surface area contributed by atoms with Crippen LogP contribution in [0.1, 0.15) is 109 Å². The molecule has 0 spiro atoms. The summed E-state index contributed by atoms with van der Waals surface area (Å²) in [6, 6.07) is 12.5. The van der Waals surface area contributed by atoms with E-state index < -0.39 is 29.7 Å². The molecule has 3 amide bonds. The van der Waals surface area contributed by atoms with Gasteiger partial charge in [-0.05, 0) is 58.6 Å². The standard InChI is InChI=1S/C35H53N3O5/c1-8-10-11-12-16-23-38(30(32(40)36-26(4)18-9-2)28-22-17-19-25(3)31(28)39)33(41)29(24-27-20-14-13-15-21-27)37-34(42)43-35(5,6)7/h13-15,17,19-22,26,29-30,39H,8-12,16,18,23-24H2,1-7H3,(H,36,40)(H,37,42). The number of nitrogens with zero attached hydrogens (tertiary/aromatic N) is 1. The number of phenols is 1. The molecule has 2 aromatic rings. The zero-order chi connectivity index (χ0) is 32.0. The minimum atomic E-state index is -1.09. The fourth-order valence-electron chi connectivity index (χ4n) is 5.13. The molecular formula is C35H53N3O5. The van der Waals surface area contributed by atoms with Crippen LogP contribution >= 0.6 is 0 Å². The van der Waals surface area contributed by atoms with Gasteiger partial charge in [0, 0.05) is 24.6 Å². The highest BCUT2D eigenvalue weighted by Gasteiger charge is 2.38. The van der Waals surface area contributed by atoms with Gasteiger partial charge in [-0.25, -0.2) is 4.79 Å². The van der Waals surface area contributed by atoms with Crippen LogP contribution in [0.25, 0.3) is 0 Å². The van der Waals surface area contributed by atoms with Crippen molar-refractivity contribution >= 4 is 17.9 Å². The second-order valence-electron chi connectivity index (χ2n) is 12.4. The Morgan fingerprint density at radius 3 is 2.21 bits per heavy atom. The lowest BCUT2D eigenvalue weighted by atomic mass is 9.97. The molecule has 3 atom stereocenters. The number of phenolic OH excluding ortho intramolecular Hbond substituents is 1. The number of nitrogens with one attached hydrogen (secondary N) is 2. The third-order valence-corrected chi connectivity index (χ3v) is 7.29. The van der Waals surface area contributed by atoms with Crippen LogP contribution in [0.2, 0.25) is 0 Å². The Morgan fingerprint density at radius 2 is 1.58 bits per heavy atom. The van der Waals surface area contributed by atoms with Gasteiger partial charge in [-0.1, -0.05) is 94.5 Å². The van der Waals surface area contributed by atoms with E-state index in [-0.39, 0.29) is 30.7 Å². The molecule has 3 N–H and O–H groups in total. The van der Waals surface area contributed by atoms with Crippen LogP contribution in [0.4, 0.5) is 4.79 Å². The van der Waals surface area contributed by atoms with Crippen molar-refractivity contribution in [3.8, 4) is 5.75 Å². The summed E-state index contributed by atoms with van der Waals surface area (Å²) in [5.74, 6) is -0.789. The summed E-state index contributed by atoms with van der Waals surface area (Å²) >= 11 is 0. The second-order valence-corrected chi connectivity index (χ2v) is 12.4. The molecule has 0 heterocycles. The summed E-state index contributed by atoms with van der Waals surface area (Å²) in [6.45, 7) is 13.5. The van der Waals surface area contributed by atoms with Crippen molar-refractivity contribution in [1.29, 1.82) is 0 Å². The van der Waals surface area contributed by atoms with Gasteiger partial charge in [0.15, 0.2) is 0 Å². The third-order valence-electron chi connectivity index (χ3n) is 7.29. The number of para-hydroxylation sites is 1. The van der Waals surface area contributed by atoms with E-state index in [1.54, 1.807) is 50.8 Å². The molecule has 238 valence electrons. The van der Waals surface area contributed by atoms with Gasteiger partial charge < -0.3 is 25.4 Å². The number of unbranched alkanes of at least 4 members (excludes halogenated alkanes) is 4. The lowest BCUT2D eigenvalue weighted by molar-refractivity contribution is -0.143. The Bertz CT molecular complexity index is 1160. The Balaban J connectivity index is 2.60. The van der Waals surface area contributed by atoms with E-state index in [1.165, 1.54) is 0 Å². The van der Waals surface area contributed by atoms with Gasteiger partial charge in [-0.3, -0.25) is 9.59 Å². The van der Waals surface area contributed by atoms with Crippen molar-refractivity contribution in [3.05, 3.63) is 65.2 Å². The normalized spacial score (nSPS) is 13.5. The first-order chi connectivity index (χ1) is 20.4. The molecule has 0 saturated carbocycles. The number of aryl methyl sites for hydroxylation is 1. The maximum atomic E-state index is 14.6. The van der Waals surface area contributed by atoms with Crippen LogP contribution in [-0.2, 0) is 20.7 Å². The van der Waals surface area contributed by atoms with Gasteiger partial charge in [0.1, 0.15) is 23.4 Å². The summed E-state index contributed by atoms with van der Waals surface area (Å²) in [5, 5.41) is 17.0. The number of amides is 3. The van der Waals surface area contributed by atoms with Crippen molar-refractivity contribution in [1.82, 2.24) is 15.5 Å². The molecule has 0 bridgehead atoms. The lowest BCUT2D eigenvalue weighted by Crippen LogP contribution is -2.54. The van der Waals surface area contributed by atoms with Crippen LogP contribution in [0.3, 0.4) is 0 Å². The average molecular weight is 596 g/mol. The van der Waals surface area contributed by atoms with E-state index in [0.717, 1.165) is 44.1 Å². The van der Waals surface area contributed by atoms with Crippen molar-refractivity contribution in [2.24, 2.45) is 0 Å². The zero-order valence-corrected chi connectivity index (χ0v) is 27.2. The second kappa shape index (κ2) is 17.5. The summed E-state index contributed by atoms with van der Waals surface area (Å²) < 4.78 is 5.53. The molecule has 43 heavy (non-hydrogen) atoms. The molecule has 0 aliphatic rings. The molecule has 0 aromatic heterocycles. The zero-order valence-electron chi connectivity index (χ0n) is 27.2. The Kier molecular flexibility index (Phi) is 14.5. The van der Waals surface area contributed by atoms with Crippen molar-refractivity contribution in [3.63, 3.8) is 0 Å². The maximum absolute atomic E-state index is 14.6. The largest absolute Gasteiger partial charge is 0.507 e. The summed E-state index contributed by atoms with van der Waals surface area (Å²) in [5.41, 5.74) is 1.07. The van der Waals surface area contributed by atoms with Crippen LogP contribution in [-0.4, -0.2) is 52.1 Å². The number of hydrogen-bond acceptors (Lipinski definition) is 5. The highest BCUT2D eigenvalue weighted by molar-refractivity contribution is 5.93. The van der Waals surface area contributed by atoms with E-state index in [4.69, 9.17) is 4.74 Å². The van der Waals surface area contributed by atoms with E-state index in [0.29, 0.717) is 17.5 Å². The fraction of sp³-hybridized carbons (Fsp3) is 0.571. The number of alkyl carbamates (subject to hydrolysis) is 1. The molecule has 0 radical (unpaired) electrons. The van der Waals surface area contributed by atoms with E-state index in [2.05, 4.69) is 24.5 Å². The number of carbonyl (C=O) groups excluding carboxylic acids is 3. The molecule has 0 saturated heterocycles. The molecule has 3 unspecified atom stereocenters. The van der Waals surface area contributed by atoms with Crippen molar-refractivity contribution in [2.45, 2.75) is 124 Å². The van der Waals surface area contributed by atoms with Gasteiger partial charge >= 0.3 is 6.09 Å². The number of carbonyl (C=O) groups is 3. The van der Waals surface area contributed by atoms with Gasteiger partial charge in [-0.2, -0.15) is 0 Å². The number of aromatic hydroxyl groups is 1. The minimum Gasteiger partial charge on any atom is -0.507 e. The van der Waals surface area contributed by atoms with Gasteiger partial charge in [-0.15, -0.1) is 0 Å². The van der Waals surface area contributed by atoms with Crippen LogP contribution < -0.4 is 10.6 Å². The highest BCUT2D eigenvalue weighted by Crippen LogP contribution is 2.33. The SMILES string of the molecule is CCCCCCCN(C(=O)C(Cc1ccccc1)NC(=O)OC(C)(C)C)C(C(=O)NC(C)CCC)c1cccc(C)c1O. The van der Waals surface area contributed by atoms with Crippen molar-refractivity contribution < 1.29 is 24.2 Å². The molecule has 0 fully saturated rings. The molecule has 8 nitrogen and oxygen atoms in total. The smallest absolute Gasteiger partial charge is 0.408 e. The van der Waals surface area contributed by atoms with Crippen molar-refractivity contribution in [2.75, 3.05) is 6.54 Å². The van der Waals surface area contributed by atoms with Gasteiger partial charge in [0.2, 0.25) is 11.8 Å². The van der Waals surface area contributed by atoms with E-state index in [1.807, 2.05) is 37.3 Å². The molecule has 2 aromatic carbocycles. The quantitative estimate of drug-likeness (QED) is 0.182. The first kappa shape index (κ1) is 35.6. The number of rotatable bonds is 16. The molecule has 0 aliphatic heterocycles. The third kappa shape index (κ3) is 11.9. The summed E-state index contributed by atoms with van der Waals surface area (Å²) in [4.78, 5) is 43.2. The Morgan fingerprint density at radius 1 is 0.907 bits per heavy atom. The molecule has 2 rings (SSSR count). The number of ether oxygens (including phenoxy) is 1. The predicted molar refractivity (Wildman–Crippen MR) is 172 cm³/mol. The predicted octanol–water partition coefficient (Wildman–Crippen LogP) is 6.98. The van der Waals surface area contributed by atoms with Gasteiger partial charge in [0.25, 0.3) is 0 Å². The minimum absolute atomic E-state index is 0.0192. The maximum Gasteiger partial charge on any atom is 0.408 e. The molecular weight excluding hydrogens is 542 g/mol. The summed E-state index contributed by atoms with van der Waals surface area (Å²) in [6.07, 6.45) is 5.92. The van der Waals surface area contributed by atoms with Crippen LogP contribution in [0.5, 0.6) is 5.75 Å². The van der Waals surface area contributed by atoms with Gasteiger partial charge in [0.05, 0.1) is 0 Å². The van der Waals surface area contributed by atoms with E-state index >= 15 is 0 Å². The first-order valence-electron chi connectivity index (χ1n) is 15.8. The number of benzene rings is 2. The Labute approximate surface area is 258 Å². The molecule has 8 heteroatoms. The summed E-state index contributed by atoms with van der Waals surface area (Å²) in [7, 11) is 0. The topological polar surface area (TPSA) is 108 Å². The highest BCUT2D eigenvalue weighted by atomic mass is 16.6. The van der Waals surface area contributed by atoms with E-state index in [9.17, 15) is 19.5 Å². The van der Waals surface area contributed by atoms with Crippen LogP contribution in [0, 0.1) is 6.92 Å². The van der Waals surface area contributed by atoms with Crippen LogP contribution in [0.15, 0.2) is 48.5 Å². The fourth-order valence-corrected chi connectivity index (χ4v) is 5.13. The monoisotopic (exact) mass is 595 g/mol. The number of hydrogen-bond donors (Lipinski definition) is 3. The lowest BCUT2D eigenvalue weighted by Gasteiger charge is -2.35. The first-order valence-corrected chi connectivity index (χ1v) is 15.8. The average Bonchev–Trinajstić information content (AvgIpc) is 2.93. The Hall–Kier alpha value is -3.55.